The van der Waals surface area contributed by atoms with Crippen LogP contribution < -0.4 is 4.90 Å². The lowest BCUT2D eigenvalue weighted by atomic mass is 10.3. The lowest BCUT2D eigenvalue weighted by molar-refractivity contribution is -0.384. The highest BCUT2D eigenvalue weighted by Crippen LogP contribution is 2.24. The summed E-state index contributed by atoms with van der Waals surface area (Å²) >= 11 is 0. The van der Waals surface area contributed by atoms with Crippen LogP contribution in [0.4, 0.5) is 11.5 Å². The summed E-state index contributed by atoms with van der Waals surface area (Å²) in [6.07, 6.45) is 1.37. The van der Waals surface area contributed by atoms with E-state index in [2.05, 4.69) is 4.98 Å². The number of rotatable bonds is 6. The number of nitrogens with zero attached hydrogens (tertiary/aromatic N) is 3. The number of carbonyl (C=O) groups is 1. The molecular formula is C10H13N3O4. The second kappa shape index (κ2) is 5.78. The fraction of sp³-hybridized carbons (Fsp3) is 0.400. The molecule has 0 amide bonds. The molecule has 1 aromatic rings. The van der Waals surface area contributed by atoms with Crippen molar-refractivity contribution in [3.63, 3.8) is 0 Å². The summed E-state index contributed by atoms with van der Waals surface area (Å²) in [5.41, 5.74) is -0.111. The number of aromatic nitrogens is 1. The van der Waals surface area contributed by atoms with Gasteiger partial charge in [0.15, 0.2) is 0 Å². The van der Waals surface area contributed by atoms with E-state index in [0.29, 0.717) is 6.54 Å². The summed E-state index contributed by atoms with van der Waals surface area (Å²) < 4.78 is 0. The molecule has 0 aliphatic rings. The predicted octanol–water partition coefficient (Wildman–Crippen LogP) is 1.29. The van der Waals surface area contributed by atoms with Gasteiger partial charge in [-0.15, -0.1) is 0 Å². The molecular weight excluding hydrogens is 226 g/mol. The van der Waals surface area contributed by atoms with Gasteiger partial charge in [-0.3, -0.25) is 14.9 Å². The molecule has 92 valence electrons. The highest BCUT2D eigenvalue weighted by atomic mass is 16.6. The molecule has 0 aliphatic carbocycles. The Balaban J connectivity index is 2.94. The third-order valence-corrected chi connectivity index (χ3v) is 2.24. The van der Waals surface area contributed by atoms with E-state index in [4.69, 9.17) is 5.11 Å². The molecule has 0 fully saturated rings. The second-order valence-corrected chi connectivity index (χ2v) is 3.33. The minimum atomic E-state index is -0.943. The van der Waals surface area contributed by atoms with Gasteiger partial charge in [-0.05, 0) is 13.0 Å². The van der Waals surface area contributed by atoms with E-state index in [0.717, 1.165) is 0 Å². The molecule has 0 bridgehead atoms. The zero-order valence-corrected chi connectivity index (χ0v) is 9.37. The second-order valence-electron chi connectivity index (χ2n) is 3.33. The van der Waals surface area contributed by atoms with Gasteiger partial charge in [0.1, 0.15) is 0 Å². The maximum atomic E-state index is 10.8. The molecule has 7 heteroatoms. The first-order valence-electron chi connectivity index (χ1n) is 5.12. The Morgan fingerprint density at radius 1 is 1.65 bits per heavy atom. The normalized spacial score (nSPS) is 9.94. The highest BCUT2D eigenvalue weighted by Gasteiger charge is 2.19. The maximum Gasteiger partial charge on any atom is 0.311 e. The molecule has 0 saturated carbocycles. The first-order chi connectivity index (χ1) is 8.06. The van der Waals surface area contributed by atoms with Crippen molar-refractivity contribution in [2.75, 3.05) is 18.0 Å². The predicted molar refractivity (Wildman–Crippen MR) is 61.0 cm³/mol. The third-order valence-electron chi connectivity index (χ3n) is 2.24. The fourth-order valence-electron chi connectivity index (χ4n) is 1.42. The van der Waals surface area contributed by atoms with Gasteiger partial charge >= 0.3 is 11.7 Å². The van der Waals surface area contributed by atoms with Crippen LogP contribution in [0.5, 0.6) is 0 Å². The topological polar surface area (TPSA) is 96.6 Å². The molecule has 1 heterocycles. The fourth-order valence-corrected chi connectivity index (χ4v) is 1.42. The van der Waals surface area contributed by atoms with Crippen molar-refractivity contribution in [1.82, 2.24) is 4.98 Å². The Kier molecular flexibility index (Phi) is 4.38. The molecule has 0 radical (unpaired) electrons. The summed E-state index contributed by atoms with van der Waals surface area (Å²) in [6, 6.07) is 2.83. The van der Waals surface area contributed by atoms with E-state index in [1.54, 1.807) is 11.8 Å². The van der Waals surface area contributed by atoms with Crippen LogP contribution in [0.15, 0.2) is 18.3 Å². The van der Waals surface area contributed by atoms with Gasteiger partial charge in [0, 0.05) is 25.4 Å². The van der Waals surface area contributed by atoms with Crippen molar-refractivity contribution in [1.29, 1.82) is 0 Å². The Hall–Kier alpha value is -2.18. The summed E-state index contributed by atoms with van der Waals surface area (Å²) in [5, 5.41) is 19.4. The van der Waals surface area contributed by atoms with E-state index in [9.17, 15) is 14.9 Å². The number of carboxylic acids is 1. The van der Waals surface area contributed by atoms with Gasteiger partial charge in [0.05, 0.1) is 11.3 Å². The molecule has 7 nitrogen and oxygen atoms in total. The van der Waals surface area contributed by atoms with Crippen molar-refractivity contribution in [2.45, 2.75) is 13.3 Å². The monoisotopic (exact) mass is 239 g/mol. The van der Waals surface area contributed by atoms with Crippen molar-refractivity contribution < 1.29 is 14.8 Å². The average molecular weight is 239 g/mol. The van der Waals surface area contributed by atoms with Crippen LogP contribution in [0.3, 0.4) is 0 Å². The largest absolute Gasteiger partial charge is 0.481 e. The van der Waals surface area contributed by atoms with E-state index in [-0.39, 0.29) is 24.5 Å². The first-order valence-corrected chi connectivity index (χ1v) is 5.12. The number of aliphatic carboxylic acids is 1. The summed E-state index contributed by atoms with van der Waals surface area (Å²) in [6.45, 7) is 2.45. The smallest absolute Gasteiger partial charge is 0.311 e. The quantitative estimate of drug-likeness (QED) is 0.593. The van der Waals surface area contributed by atoms with Crippen molar-refractivity contribution in [2.24, 2.45) is 0 Å². The van der Waals surface area contributed by atoms with Crippen LogP contribution in [0.25, 0.3) is 0 Å². The van der Waals surface area contributed by atoms with E-state index >= 15 is 0 Å². The van der Waals surface area contributed by atoms with E-state index in [1.807, 2.05) is 0 Å². The molecule has 0 atom stereocenters. The lowest BCUT2D eigenvalue weighted by Gasteiger charge is -2.20. The standard InChI is InChI=1S/C10H13N3O4/c1-2-12(7-5-9(14)15)10-8(13(16)17)4-3-6-11-10/h3-4,6H,2,5,7H2,1H3,(H,14,15). The number of anilines is 1. The number of hydrogen-bond acceptors (Lipinski definition) is 5. The van der Waals surface area contributed by atoms with Crippen molar-refractivity contribution in [3.8, 4) is 0 Å². The van der Waals surface area contributed by atoms with Gasteiger partial charge in [-0.25, -0.2) is 4.98 Å². The molecule has 17 heavy (non-hydrogen) atoms. The van der Waals surface area contributed by atoms with Crippen LogP contribution in [-0.4, -0.2) is 34.1 Å². The minimum Gasteiger partial charge on any atom is -0.481 e. The van der Waals surface area contributed by atoms with Crippen LogP contribution in [0, 0.1) is 10.1 Å². The van der Waals surface area contributed by atoms with Gasteiger partial charge in [-0.1, -0.05) is 0 Å². The van der Waals surface area contributed by atoms with Crippen molar-refractivity contribution in [3.05, 3.63) is 28.4 Å². The molecule has 0 aromatic carbocycles. The van der Waals surface area contributed by atoms with E-state index in [1.165, 1.54) is 18.3 Å². The number of carboxylic acid groups (broad SMARTS) is 1. The molecule has 0 saturated heterocycles. The Labute approximate surface area is 97.8 Å². The zero-order chi connectivity index (χ0) is 12.8. The summed E-state index contributed by atoms with van der Waals surface area (Å²) in [7, 11) is 0. The number of hydrogen-bond donors (Lipinski definition) is 1. The molecule has 0 aliphatic heterocycles. The lowest BCUT2D eigenvalue weighted by Crippen LogP contribution is -2.27. The van der Waals surface area contributed by atoms with Crippen molar-refractivity contribution >= 4 is 17.5 Å². The third kappa shape index (κ3) is 3.40. The zero-order valence-electron chi connectivity index (χ0n) is 9.37. The van der Waals surface area contributed by atoms with Gasteiger partial charge in [-0.2, -0.15) is 0 Å². The molecule has 1 rings (SSSR count). The van der Waals surface area contributed by atoms with Crippen LogP contribution in [0.1, 0.15) is 13.3 Å². The Morgan fingerprint density at radius 3 is 2.88 bits per heavy atom. The Morgan fingerprint density at radius 2 is 2.35 bits per heavy atom. The maximum absolute atomic E-state index is 10.8. The Bertz CT molecular complexity index is 422. The number of nitro groups is 1. The molecule has 0 unspecified atom stereocenters. The van der Waals surface area contributed by atoms with Gasteiger partial charge in [0.25, 0.3) is 0 Å². The highest BCUT2D eigenvalue weighted by molar-refractivity contribution is 5.68. The molecule has 1 aromatic heterocycles. The van der Waals surface area contributed by atoms with Crippen LogP contribution in [0.2, 0.25) is 0 Å². The molecule has 0 spiro atoms. The van der Waals surface area contributed by atoms with Crippen LogP contribution in [-0.2, 0) is 4.79 Å². The average Bonchev–Trinajstić information content (AvgIpc) is 2.30. The number of pyridine rings is 1. The summed E-state index contributed by atoms with van der Waals surface area (Å²) in [4.78, 5) is 26.3. The molecule has 1 N–H and O–H groups in total. The van der Waals surface area contributed by atoms with Crippen LogP contribution >= 0.6 is 0 Å². The first kappa shape index (κ1) is 12.9. The SMILES string of the molecule is CCN(CCC(=O)O)c1ncccc1[N+](=O)[O-]. The minimum absolute atomic E-state index is 0.0818. The van der Waals surface area contributed by atoms with Gasteiger partial charge < -0.3 is 10.0 Å². The van der Waals surface area contributed by atoms with Gasteiger partial charge in [0.2, 0.25) is 5.82 Å². The summed E-state index contributed by atoms with van der Waals surface area (Å²) in [5.74, 6) is -0.733. The van der Waals surface area contributed by atoms with E-state index < -0.39 is 10.9 Å².